The van der Waals surface area contributed by atoms with E-state index in [1.54, 1.807) is 53.9 Å². The van der Waals surface area contributed by atoms with E-state index in [9.17, 15) is 9.59 Å². The molecule has 3 aromatic carbocycles. The van der Waals surface area contributed by atoms with Gasteiger partial charge >= 0.3 is 0 Å². The molecule has 0 fully saturated rings. The number of benzene rings is 3. The first-order valence-electron chi connectivity index (χ1n) is 9.18. The molecule has 0 aliphatic carbocycles. The van der Waals surface area contributed by atoms with Crippen molar-refractivity contribution in [1.29, 1.82) is 0 Å². The summed E-state index contributed by atoms with van der Waals surface area (Å²) in [7, 11) is 0. The van der Waals surface area contributed by atoms with Crippen LogP contribution in [-0.2, 0) is 6.54 Å². The molecule has 0 aliphatic heterocycles. The van der Waals surface area contributed by atoms with E-state index in [1.807, 2.05) is 47.8 Å². The highest BCUT2D eigenvalue weighted by atomic mass is 32.1. The standard InChI is InChI=1S/C24H18N2O2S/c27-22(18-6-2-1-3-7-18)20-8-4-5-9-21(20)23(28)26-16-17-10-12-19(13-11-17)24-25-14-15-29-24/h1-15H,16H2,(H,26,28). The van der Waals surface area contributed by atoms with Crippen LogP contribution in [0.2, 0.25) is 0 Å². The van der Waals surface area contributed by atoms with Gasteiger partial charge in [0, 0.05) is 34.8 Å². The Labute approximate surface area is 172 Å². The molecule has 0 radical (unpaired) electrons. The molecular weight excluding hydrogens is 380 g/mol. The van der Waals surface area contributed by atoms with Gasteiger partial charge < -0.3 is 5.32 Å². The van der Waals surface area contributed by atoms with Crippen molar-refractivity contribution >= 4 is 23.0 Å². The highest BCUT2D eigenvalue weighted by Crippen LogP contribution is 2.22. The van der Waals surface area contributed by atoms with E-state index in [-0.39, 0.29) is 11.7 Å². The summed E-state index contributed by atoms with van der Waals surface area (Å²) < 4.78 is 0. The molecule has 0 atom stereocenters. The van der Waals surface area contributed by atoms with E-state index in [2.05, 4.69) is 10.3 Å². The predicted octanol–water partition coefficient (Wildman–Crippen LogP) is 4.97. The minimum Gasteiger partial charge on any atom is -0.348 e. The summed E-state index contributed by atoms with van der Waals surface area (Å²) in [5, 5.41) is 5.82. The van der Waals surface area contributed by atoms with E-state index in [1.165, 1.54) is 0 Å². The van der Waals surface area contributed by atoms with Crippen LogP contribution in [0.25, 0.3) is 10.6 Å². The number of thiazole rings is 1. The number of nitrogens with one attached hydrogen (secondary N) is 1. The molecule has 0 aliphatic rings. The zero-order valence-electron chi connectivity index (χ0n) is 15.5. The summed E-state index contributed by atoms with van der Waals surface area (Å²) in [5.41, 5.74) is 3.36. The lowest BCUT2D eigenvalue weighted by atomic mass is 9.98. The first kappa shape index (κ1) is 18.8. The highest BCUT2D eigenvalue weighted by molar-refractivity contribution is 7.13. The van der Waals surface area contributed by atoms with Crippen LogP contribution < -0.4 is 5.32 Å². The third kappa shape index (κ3) is 4.31. The summed E-state index contributed by atoms with van der Waals surface area (Å²) in [6.07, 6.45) is 1.78. The summed E-state index contributed by atoms with van der Waals surface area (Å²) in [5.74, 6) is -0.432. The van der Waals surface area contributed by atoms with Crippen LogP contribution in [0.5, 0.6) is 0 Å². The van der Waals surface area contributed by atoms with Crippen LogP contribution >= 0.6 is 11.3 Å². The van der Waals surface area contributed by atoms with Gasteiger partial charge in [0.15, 0.2) is 5.78 Å². The Morgan fingerprint density at radius 3 is 2.21 bits per heavy atom. The van der Waals surface area contributed by atoms with Gasteiger partial charge in [0.25, 0.3) is 5.91 Å². The van der Waals surface area contributed by atoms with Crippen molar-refractivity contribution in [3.63, 3.8) is 0 Å². The predicted molar refractivity (Wildman–Crippen MR) is 115 cm³/mol. The zero-order valence-corrected chi connectivity index (χ0v) is 16.4. The van der Waals surface area contributed by atoms with Crippen molar-refractivity contribution in [2.45, 2.75) is 6.54 Å². The number of hydrogen-bond acceptors (Lipinski definition) is 4. The normalized spacial score (nSPS) is 10.5. The van der Waals surface area contributed by atoms with Crippen molar-refractivity contribution in [1.82, 2.24) is 10.3 Å². The minimum absolute atomic E-state index is 0.163. The third-order valence-corrected chi connectivity index (χ3v) is 5.36. The fourth-order valence-electron chi connectivity index (χ4n) is 3.03. The van der Waals surface area contributed by atoms with Gasteiger partial charge in [-0.15, -0.1) is 11.3 Å². The maximum absolute atomic E-state index is 12.8. The van der Waals surface area contributed by atoms with Gasteiger partial charge in [0.05, 0.1) is 5.56 Å². The number of carbonyl (C=O) groups is 2. The topological polar surface area (TPSA) is 59.1 Å². The van der Waals surface area contributed by atoms with E-state index < -0.39 is 0 Å². The Kier molecular flexibility index (Phi) is 5.59. The number of amides is 1. The van der Waals surface area contributed by atoms with E-state index in [4.69, 9.17) is 0 Å². The van der Waals surface area contributed by atoms with Gasteiger partial charge in [-0.05, 0) is 11.6 Å². The molecule has 29 heavy (non-hydrogen) atoms. The maximum atomic E-state index is 12.8. The second kappa shape index (κ2) is 8.63. The van der Waals surface area contributed by atoms with Gasteiger partial charge in [-0.2, -0.15) is 0 Å². The van der Waals surface area contributed by atoms with Crippen LogP contribution in [0, 0.1) is 0 Å². The Morgan fingerprint density at radius 2 is 1.52 bits per heavy atom. The minimum atomic E-state index is -0.270. The first-order valence-corrected chi connectivity index (χ1v) is 10.1. The number of ketones is 1. The highest BCUT2D eigenvalue weighted by Gasteiger charge is 2.17. The molecular formula is C24H18N2O2S. The number of nitrogens with zero attached hydrogens (tertiary/aromatic N) is 1. The van der Waals surface area contributed by atoms with E-state index in [0.29, 0.717) is 23.2 Å². The Bertz CT molecular complexity index is 1120. The summed E-state index contributed by atoms with van der Waals surface area (Å²) >= 11 is 1.59. The third-order valence-electron chi connectivity index (χ3n) is 4.54. The molecule has 5 heteroatoms. The van der Waals surface area contributed by atoms with Crippen LogP contribution in [0.1, 0.15) is 31.8 Å². The first-order chi connectivity index (χ1) is 14.2. The molecule has 1 N–H and O–H groups in total. The molecule has 1 heterocycles. The van der Waals surface area contributed by atoms with Gasteiger partial charge in [-0.3, -0.25) is 9.59 Å². The van der Waals surface area contributed by atoms with Gasteiger partial charge in [0.2, 0.25) is 0 Å². The summed E-state index contributed by atoms with van der Waals surface area (Å²) in [6.45, 7) is 0.380. The fraction of sp³-hybridized carbons (Fsp3) is 0.0417. The quantitative estimate of drug-likeness (QED) is 0.467. The summed E-state index contributed by atoms with van der Waals surface area (Å²) in [4.78, 5) is 29.9. The van der Waals surface area contributed by atoms with Crippen LogP contribution in [0.3, 0.4) is 0 Å². The second-order valence-electron chi connectivity index (χ2n) is 6.46. The van der Waals surface area contributed by atoms with Crippen LogP contribution in [0.4, 0.5) is 0 Å². The molecule has 0 saturated heterocycles. The molecule has 0 bridgehead atoms. The van der Waals surface area contributed by atoms with E-state index in [0.717, 1.165) is 16.1 Å². The van der Waals surface area contributed by atoms with Gasteiger partial charge in [0.1, 0.15) is 5.01 Å². The van der Waals surface area contributed by atoms with Crippen molar-refractivity contribution in [3.05, 3.63) is 113 Å². The number of hydrogen-bond donors (Lipinski definition) is 1. The molecule has 0 saturated carbocycles. The van der Waals surface area contributed by atoms with E-state index >= 15 is 0 Å². The zero-order chi connectivity index (χ0) is 20.1. The molecule has 4 aromatic rings. The Hall–Kier alpha value is -3.57. The maximum Gasteiger partial charge on any atom is 0.252 e. The smallest absolute Gasteiger partial charge is 0.252 e. The van der Waals surface area contributed by atoms with Crippen LogP contribution in [-0.4, -0.2) is 16.7 Å². The second-order valence-corrected chi connectivity index (χ2v) is 7.35. The Balaban J connectivity index is 1.47. The van der Waals surface area contributed by atoms with Crippen molar-refractivity contribution < 1.29 is 9.59 Å². The molecule has 0 unspecified atom stereocenters. The van der Waals surface area contributed by atoms with Gasteiger partial charge in [-0.25, -0.2) is 4.98 Å². The molecule has 0 spiro atoms. The molecule has 1 amide bonds. The molecule has 142 valence electrons. The Morgan fingerprint density at radius 1 is 0.828 bits per heavy atom. The number of rotatable bonds is 6. The summed E-state index contributed by atoms with van der Waals surface area (Å²) in [6, 6.07) is 23.8. The number of carbonyl (C=O) groups excluding carboxylic acids is 2. The molecule has 1 aromatic heterocycles. The SMILES string of the molecule is O=C(NCc1ccc(-c2nccs2)cc1)c1ccccc1C(=O)c1ccccc1. The van der Waals surface area contributed by atoms with Crippen molar-refractivity contribution in [2.75, 3.05) is 0 Å². The average molecular weight is 398 g/mol. The lowest BCUT2D eigenvalue weighted by Crippen LogP contribution is -2.25. The van der Waals surface area contributed by atoms with Crippen molar-refractivity contribution in [3.8, 4) is 10.6 Å². The molecule has 4 nitrogen and oxygen atoms in total. The number of aromatic nitrogens is 1. The lowest BCUT2D eigenvalue weighted by Gasteiger charge is -2.10. The molecule has 4 rings (SSSR count). The largest absolute Gasteiger partial charge is 0.348 e. The monoisotopic (exact) mass is 398 g/mol. The average Bonchev–Trinajstić information content (AvgIpc) is 3.33. The lowest BCUT2D eigenvalue weighted by molar-refractivity contribution is 0.0939. The fourth-order valence-corrected chi connectivity index (χ4v) is 3.68. The van der Waals surface area contributed by atoms with Gasteiger partial charge in [-0.1, -0.05) is 72.8 Å². The van der Waals surface area contributed by atoms with Crippen molar-refractivity contribution in [2.24, 2.45) is 0 Å². The van der Waals surface area contributed by atoms with Crippen LogP contribution in [0.15, 0.2) is 90.4 Å².